The molecule has 0 saturated carbocycles. The topological polar surface area (TPSA) is 635 Å². The number of nitrogens with one attached hydrogen (secondary N) is 1. The van der Waals surface area contributed by atoms with E-state index in [1.165, 1.54) is 53.7 Å². The van der Waals surface area contributed by atoms with Crippen LogP contribution in [0.3, 0.4) is 0 Å². The Balaban J connectivity index is 0.000000576. The predicted octanol–water partition coefficient (Wildman–Crippen LogP) is 3.59. The molecule has 20 atom stereocenters. The number of isothiocyanates is 2. The molecule has 0 spiro atoms. The van der Waals surface area contributed by atoms with Crippen LogP contribution in [0.25, 0.3) is 10.4 Å². The van der Waals surface area contributed by atoms with Crippen molar-refractivity contribution in [2.45, 2.75) is 203 Å². The van der Waals surface area contributed by atoms with E-state index < -0.39 is 132 Å². The van der Waals surface area contributed by atoms with Gasteiger partial charge >= 0.3 is 23.9 Å². The summed E-state index contributed by atoms with van der Waals surface area (Å²) in [6, 6.07) is 20.6. The standard InChI is InChI=1S/C22H32N2O8S2.C19H33N3O8.C19H35NO8.C13H27NO8.C8H4N2S2.C7H8O3S/c1-22(21(28)20(27)19(26)17(13-25)32-22)31-11-10-30-9-8-29-7-6-23-18(34)12-15-2-4-16(5-3-15)24-14-33;1-13-14(2)18(29-16(4)24)19(5,30-17(13)12-27-15(3)23)28-11-10-26-9-8-25-7-6-21-22-20;1-13-14(2)18(27-16(4)22)19(5,28-17(13)12-25-15(3)21)26-11-10-24-9-8-23-7-6-20;1-13(21-7-6-20-5-4-19-3-2-14)12(18)11(17)10(16)9(8-15)22-13;9-5-12-8-3-1-7(2-4-8)10-6-11;1-6-2-4-7(5-3-6)11(8,9)10/h2-5,17,19-21,25-28H,6-13H2,1H3,(H,23,34);13-14,17-18H,6-12H2,1-5H3;13-14,17-18H,6-12,20H2,1-5H3;9-12,15-18H,2-8,14H2,1H3;1-4H;2-5H,1H3,(H,8,9,10)/t17?,19-,20+,21?,22+;2*13-,14-,17?,18?,19-;9?,10-,11+,12?,13+;;/m1001../s1. The highest BCUT2D eigenvalue weighted by Crippen LogP contribution is 2.42. The van der Waals surface area contributed by atoms with Gasteiger partial charge in [0.2, 0.25) is 11.6 Å². The van der Waals surface area contributed by atoms with Crippen molar-refractivity contribution < 1.29 is 173 Å². The average molecular weight is 2040 g/mol. The third kappa shape index (κ3) is 49.5. The van der Waals surface area contributed by atoms with Crippen molar-refractivity contribution in [3.05, 3.63) is 94.4 Å². The van der Waals surface area contributed by atoms with E-state index in [9.17, 15) is 67.9 Å². The second kappa shape index (κ2) is 69.9. The van der Waals surface area contributed by atoms with Crippen LogP contribution in [0.15, 0.2) is 97.7 Å². The molecule has 0 aliphatic carbocycles. The van der Waals surface area contributed by atoms with Crippen molar-refractivity contribution in [1.29, 1.82) is 5.26 Å². The number of nitriles is 1. The van der Waals surface area contributed by atoms with Crippen molar-refractivity contribution in [2.75, 3.05) is 185 Å². The molecule has 4 aliphatic rings. The lowest BCUT2D eigenvalue weighted by Crippen LogP contribution is -2.65. The minimum atomic E-state index is -4.27. The second-order valence-electron chi connectivity index (χ2n) is 31.5. The van der Waals surface area contributed by atoms with E-state index >= 15 is 0 Å². The predicted molar refractivity (Wildman–Crippen MR) is 503 cm³/mol. The SMILES string of the molecule is CC(=O)OCC1O[C@](C)(OCCOCCOCCN=[N+]=[N-])C(OC(C)=O)[C@@H](C)[C@@H]1C.CC(=O)OCC1O[C@](C)(OCCOCCOCC[NH3+])C(OC(C)=O)[C@@H](C)[C@@H]1C.C[C@]1(OCCOCCOCCN)OC(CO)[C@@H](O)[C@H](O)C1O.C[C@]1(OCCOCCOCCNC(=S)Cc2ccc(N=C=S)cc2)OC(CO)[C@@H](O)[C@H](O)C1O.Cc1ccc(S(=O)(=O)[O-])cc1.N#CSc1ccc(N=C=S)cc1. The van der Waals surface area contributed by atoms with Crippen LogP contribution < -0.4 is 16.8 Å². The first kappa shape index (κ1) is 126. The maximum Gasteiger partial charge on any atom is 0.303 e. The van der Waals surface area contributed by atoms with Crippen LogP contribution in [0.2, 0.25) is 0 Å². The third-order valence-electron chi connectivity index (χ3n) is 20.8. The Bertz CT molecular complexity index is 4220. The van der Waals surface area contributed by atoms with E-state index in [0.29, 0.717) is 110 Å². The molecule has 137 heavy (non-hydrogen) atoms. The van der Waals surface area contributed by atoms with Gasteiger partial charge in [0, 0.05) is 75.4 Å². The van der Waals surface area contributed by atoms with Crippen LogP contribution in [0.1, 0.15) is 94.2 Å². The number of carbonyl (C=O) groups is 4. The lowest BCUT2D eigenvalue weighted by Gasteiger charge is -2.49. The molecule has 776 valence electrons. The maximum absolute atomic E-state index is 11.6. The molecule has 49 heteroatoms. The van der Waals surface area contributed by atoms with Gasteiger partial charge < -0.3 is 157 Å². The number of quaternary nitrogens is 1. The Morgan fingerprint density at radius 3 is 1.24 bits per heavy atom. The van der Waals surface area contributed by atoms with Gasteiger partial charge in [-0.2, -0.15) is 15.2 Å². The van der Waals surface area contributed by atoms with E-state index in [1.54, 1.807) is 38.1 Å². The van der Waals surface area contributed by atoms with E-state index in [4.69, 9.17) is 129 Å². The molecular weight excluding hydrogens is 1900 g/mol. The first-order valence-electron chi connectivity index (χ1n) is 44.1. The summed E-state index contributed by atoms with van der Waals surface area (Å²) < 4.78 is 141. The Hall–Kier alpha value is -6.95. The van der Waals surface area contributed by atoms with Gasteiger partial charge in [-0.25, -0.2) is 8.42 Å². The number of esters is 4. The molecule has 4 fully saturated rings. The van der Waals surface area contributed by atoms with Gasteiger partial charge in [0.15, 0.2) is 23.8 Å². The number of carbonyl (C=O) groups excluding carboxylic acids is 4. The summed E-state index contributed by atoms with van der Waals surface area (Å²) in [6.45, 7) is 29.4. The largest absolute Gasteiger partial charge is 0.744 e. The van der Waals surface area contributed by atoms with Crippen LogP contribution in [0, 0.1) is 41.3 Å². The summed E-state index contributed by atoms with van der Waals surface area (Å²) >= 11 is 15.5. The summed E-state index contributed by atoms with van der Waals surface area (Å²) in [5, 5.41) is 99.1. The minimum Gasteiger partial charge on any atom is -0.744 e. The summed E-state index contributed by atoms with van der Waals surface area (Å²) in [7, 11) is -4.27. The van der Waals surface area contributed by atoms with Crippen LogP contribution in [0.4, 0.5) is 11.4 Å². The molecule has 4 saturated heterocycles. The van der Waals surface area contributed by atoms with Gasteiger partial charge in [0.05, 0.1) is 196 Å². The molecule has 0 bridgehead atoms. The number of hydrogen-bond acceptors (Lipinski definition) is 44. The van der Waals surface area contributed by atoms with E-state index in [-0.39, 0.29) is 107 Å². The van der Waals surface area contributed by atoms with Crippen molar-refractivity contribution in [3.8, 4) is 5.40 Å². The first-order chi connectivity index (χ1) is 65.0. The van der Waals surface area contributed by atoms with Crippen molar-refractivity contribution >= 4 is 109 Å². The fraction of sp³-hybridized carbons (Fsp3) is 0.705. The number of hydrogen-bond donors (Lipinski definition) is 11. The Labute approximate surface area is 820 Å². The Morgan fingerprint density at radius 1 is 0.533 bits per heavy atom. The number of aryl methyl sites for hydroxylation is 1. The van der Waals surface area contributed by atoms with Crippen LogP contribution in [0.5, 0.6) is 0 Å². The van der Waals surface area contributed by atoms with Crippen LogP contribution >= 0.6 is 48.4 Å². The van der Waals surface area contributed by atoms with Gasteiger partial charge in [0.1, 0.15) is 77.6 Å². The number of thiocarbonyl (C=S) groups is 3. The first-order valence-corrected chi connectivity index (χ1v) is 47.5. The summed E-state index contributed by atoms with van der Waals surface area (Å²) in [5.41, 5.74) is 20.6. The zero-order valence-electron chi connectivity index (χ0n) is 79.8. The number of nitrogens with zero attached hydrogens (tertiary/aromatic N) is 6. The quantitative estimate of drug-likeness (QED) is 0.00329. The minimum absolute atomic E-state index is 0.00169. The number of nitrogens with two attached hydrogens (primary N) is 1. The molecule has 7 rings (SSSR count). The third-order valence-corrected chi connectivity index (χ3v) is 22.7. The lowest BCUT2D eigenvalue weighted by molar-refractivity contribution is -0.374. The number of aliphatic hydroxyl groups is 8. The number of ether oxygens (including phenoxy) is 20. The number of azide groups is 1. The zero-order chi connectivity index (χ0) is 103. The van der Waals surface area contributed by atoms with E-state index in [2.05, 4.69) is 65.8 Å². The van der Waals surface area contributed by atoms with Crippen molar-refractivity contribution in [3.63, 3.8) is 0 Å². The molecule has 3 aromatic carbocycles. The van der Waals surface area contributed by atoms with Gasteiger partial charge in [-0.3, -0.25) is 19.2 Å². The molecule has 14 N–H and O–H groups in total. The Morgan fingerprint density at radius 2 is 0.891 bits per heavy atom. The van der Waals surface area contributed by atoms with Crippen LogP contribution in [-0.4, -0.2) is 374 Å². The number of aliphatic imine (C=N–C) groups is 2. The lowest BCUT2D eigenvalue weighted by atomic mass is 9.80. The molecule has 3 aromatic rings. The van der Waals surface area contributed by atoms with Gasteiger partial charge in [0.25, 0.3) is 0 Å². The van der Waals surface area contributed by atoms with E-state index in [1.807, 2.05) is 76.4 Å². The molecule has 8 unspecified atom stereocenters. The molecular formula is C88H139N9O35S5. The molecule has 0 radical (unpaired) electrons. The van der Waals surface area contributed by atoms with Gasteiger partial charge in [-0.15, -0.1) is 0 Å². The van der Waals surface area contributed by atoms with E-state index in [0.717, 1.165) is 45.7 Å². The highest BCUT2D eigenvalue weighted by molar-refractivity contribution is 8.03. The number of aliphatic hydroxyl groups excluding tert-OH is 8. The van der Waals surface area contributed by atoms with Crippen LogP contribution in [-0.2, 0) is 130 Å². The second-order valence-corrected chi connectivity index (χ2v) is 34.5. The van der Waals surface area contributed by atoms with Crippen molar-refractivity contribution in [2.24, 2.45) is 44.5 Å². The maximum atomic E-state index is 11.6. The molecule has 44 nitrogen and oxygen atoms in total. The zero-order valence-corrected chi connectivity index (χ0v) is 83.9. The smallest absolute Gasteiger partial charge is 0.303 e. The number of thioether (sulfide) groups is 1. The van der Waals surface area contributed by atoms with Gasteiger partial charge in [-0.05, 0) is 142 Å². The van der Waals surface area contributed by atoms with Gasteiger partial charge in [-0.1, -0.05) is 74.9 Å². The summed E-state index contributed by atoms with van der Waals surface area (Å²) in [6.07, 6.45) is -12.1. The molecule has 4 aliphatic heterocycles. The number of rotatable bonds is 52. The number of benzene rings is 3. The monoisotopic (exact) mass is 2040 g/mol. The average Bonchev–Trinajstić information content (AvgIpc) is 0.784. The molecule has 0 amide bonds. The molecule has 4 heterocycles. The number of thiocyanates is 1. The highest BCUT2D eigenvalue weighted by atomic mass is 32.2. The highest BCUT2D eigenvalue weighted by Gasteiger charge is 2.56. The fourth-order valence-corrected chi connectivity index (χ4v) is 14.6. The fourth-order valence-electron chi connectivity index (χ4n) is 13.3. The van der Waals surface area contributed by atoms with Crippen molar-refractivity contribution in [1.82, 2.24) is 5.32 Å². The molecule has 0 aromatic heterocycles. The summed E-state index contributed by atoms with van der Waals surface area (Å²) in [5.74, 6) is -7.25. The Kier molecular flexibility index (Phi) is 64.3. The summed E-state index contributed by atoms with van der Waals surface area (Å²) in [4.78, 5) is 57.4. The normalized spacial score (nSPS) is 26.4.